The minimum atomic E-state index is 0.00151. The molecule has 0 aliphatic rings. The lowest BCUT2D eigenvalue weighted by atomic mass is 10.3. The Kier molecular flexibility index (Phi) is 4.04. The Labute approximate surface area is 112 Å². The van der Waals surface area contributed by atoms with Gasteiger partial charge in [0.25, 0.3) is 0 Å². The lowest BCUT2D eigenvalue weighted by Crippen LogP contribution is -1.95. The molecule has 0 N–H and O–H groups in total. The molecule has 0 unspecified atom stereocenters. The van der Waals surface area contributed by atoms with Crippen molar-refractivity contribution in [2.45, 2.75) is 4.90 Å². The van der Waals surface area contributed by atoms with E-state index in [1.54, 1.807) is 11.8 Å². The van der Waals surface area contributed by atoms with E-state index in [-0.39, 0.29) is 16.6 Å². The van der Waals surface area contributed by atoms with Crippen LogP contribution in [0.25, 0.3) is 0 Å². The topological polar surface area (TPSA) is 47.9 Å². The zero-order valence-corrected chi connectivity index (χ0v) is 11.1. The number of hydrogen-bond acceptors (Lipinski definition) is 5. The molecule has 0 amide bonds. The second kappa shape index (κ2) is 5.53. The Morgan fingerprint density at radius 3 is 2.35 bits per heavy atom. The van der Waals surface area contributed by atoms with Crippen LogP contribution in [0.3, 0.4) is 0 Å². The van der Waals surface area contributed by atoms with Crippen molar-refractivity contribution in [2.75, 3.05) is 6.26 Å². The average molecular weight is 288 g/mol. The number of halogens is 2. The predicted octanol–water partition coefficient (Wildman–Crippen LogP) is 3.69. The highest BCUT2D eigenvalue weighted by Crippen LogP contribution is 2.30. The summed E-state index contributed by atoms with van der Waals surface area (Å²) < 4.78 is 5.51. The quantitative estimate of drug-likeness (QED) is 0.806. The molecule has 17 heavy (non-hydrogen) atoms. The minimum absolute atomic E-state index is 0.00151. The zero-order valence-electron chi connectivity index (χ0n) is 8.72. The Morgan fingerprint density at radius 2 is 1.71 bits per heavy atom. The fourth-order valence-corrected chi connectivity index (χ4v) is 2.03. The second-order valence-electron chi connectivity index (χ2n) is 2.91. The van der Waals surface area contributed by atoms with Crippen LogP contribution in [0.2, 0.25) is 10.6 Å². The highest BCUT2D eigenvalue weighted by Gasteiger charge is 2.08. The summed E-state index contributed by atoms with van der Waals surface area (Å²) in [5, 5.41) is 0.00302. The molecule has 0 fully saturated rings. The molecule has 1 aromatic heterocycles. The molecule has 1 aromatic carbocycles. The monoisotopic (exact) mass is 287 g/mol. The summed E-state index contributed by atoms with van der Waals surface area (Å²) in [7, 11) is 0. The van der Waals surface area contributed by atoms with Gasteiger partial charge in [-0.05, 0) is 41.6 Å². The number of nitrogens with zero attached hydrogens (tertiary/aromatic N) is 3. The Balaban J connectivity index is 2.31. The summed E-state index contributed by atoms with van der Waals surface area (Å²) in [5.41, 5.74) is 0. The maximum atomic E-state index is 5.66. The van der Waals surface area contributed by atoms with Gasteiger partial charge < -0.3 is 4.74 Å². The van der Waals surface area contributed by atoms with Gasteiger partial charge in [-0.1, -0.05) is 12.1 Å². The fourth-order valence-electron chi connectivity index (χ4n) is 1.16. The summed E-state index contributed by atoms with van der Waals surface area (Å²) >= 11 is 12.9. The van der Waals surface area contributed by atoms with E-state index in [1.165, 1.54) is 0 Å². The van der Waals surface area contributed by atoms with Crippen molar-refractivity contribution in [1.82, 2.24) is 15.0 Å². The van der Waals surface area contributed by atoms with Crippen LogP contribution >= 0.6 is 35.0 Å². The van der Waals surface area contributed by atoms with E-state index >= 15 is 0 Å². The lowest BCUT2D eigenvalue weighted by Gasteiger charge is -2.07. The van der Waals surface area contributed by atoms with E-state index in [9.17, 15) is 0 Å². The molecule has 4 nitrogen and oxygen atoms in total. The van der Waals surface area contributed by atoms with E-state index in [1.807, 2.05) is 30.5 Å². The maximum absolute atomic E-state index is 5.66. The Bertz CT molecular complexity index is 518. The number of aromatic nitrogens is 3. The number of ether oxygens (including phenoxy) is 1. The first-order chi connectivity index (χ1) is 8.19. The van der Waals surface area contributed by atoms with Crippen LogP contribution in [0.1, 0.15) is 0 Å². The van der Waals surface area contributed by atoms with Crippen molar-refractivity contribution in [2.24, 2.45) is 0 Å². The van der Waals surface area contributed by atoms with E-state index < -0.39 is 0 Å². The van der Waals surface area contributed by atoms with Crippen LogP contribution in [-0.4, -0.2) is 21.2 Å². The standard InChI is InChI=1S/C10H7Cl2N3OS/c1-17-7-5-3-2-4-6(7)16-10-14-8(11)13-9(12)15-10/h2-5H,1H3. The maximum Gasteiger partial charge on any atom is 0.327 e. The summed E-state index contributed by atoms with van der Waals surface area (Å²) in [4.78, 5) is 12.3. The third kappa shape index (κ3) is 3.21. The Morgan fingerprint density at radius 1 is 1.06 bits per heavy atom. The summed E-state index contributed by atoms with van der Waals surface area (Å²) in [5.74, 6) is 0.651. The largest absolute Gasteiger partial charge is 0.423 e. The van der Waals surface area contributed by atoms with E-state index in [0.29, 0.717) is 5.75 Å². The molecule has 0 bridgehead atoms. The molecule has 0 aliphatic carbocycles. The summed E-state index contributed by atoms with van der Waals surface area (Å²) in [6, 6.07) is 7.62. The van der Waals surface area contributed by atoms with Crippen LogP contribution in [0.4, 0.5) is 0 Å². The van der Waals surface area contributed by atoms with Gasteiger partial charge >= 0.3 is 6.01 Å². The molecule has 0 atom stereocenters. The van der Waals surface area contributed by atoms with Gasteiger partial charge in [0.15, 0.2) is 0 Å². The molecule has 0 spiro atoms. The molecule has 0 radical (unpaired) electrons. The van der Waals surface area contributed by atoms with Crippen LogP contribution in [0, 0.1) is 0 Å². The first kappa shape index (κ1) is 12.4. The highest BCUT2D eigenvalue weighted by atomic mass is 35.5. The van der Waals surface area contributed by atoms with E-state index in [4.69, 9.17) is 27.9 Å². The molecular formula is C10H7Cl2N3OS. The zero-order chi connectivity index (χ0) is 12.3. The van der Waals surface area contributed by atoms with Crippen LogP contribution in [0.15, 0.2) is 29.2 Å². The molecule has 88 valence electrons. The van der Waals surface area contributed by atoms with Gasteiger partial charge in [0.1, 0.15) is 5.75 Å². The number of benzene rings is 1. The predicted molar refractivity (Wildman–Crippen MR) is 68.1 cm³/mol. The second-order valence-corrected chi connectivity index (χ2v) is 4.43. The van der Waals surface area contributed by atoms with Crippen LogP contribution in [-0.2, 0) is 0 Å². The van der Waals surface area contributed by atoms with E-state index in [0.717, 1.165) is 4.90 Å². The first-order valence-electron chi connectivity index (χ1n) is 4.57. The van der Waals surface area contributed by atoms with Gasteiger partial charge in [-0.25, -0.2) is 0 Å². The van der Waals surface area contributed by atoms with E-state index in [2.05, 4.69) is 15.0 Å². The van der Waals surface area contributed by atoms with Gasteiger partial charge in [0.2, 0.25) is 10.6 Å². The molecule has 0 aliphatic heterocycles. The van der Waals surface area contributed by atoms with Crippen molar-refractivity contribution < 1.29 is 4.74 Å². The van der Waals surface area contributed by atoms with Gasteiger partial charge in [0, 0.05) is 4.90 Å². The molecule has 2 aromatic rings. The molecule has 0 saturated heterocycles. The van der Waals surface area contributed by atoms with Crippen molar-refractivity contribution >= 4 is 35.0 Å². The van der Waals surface area contributed by atoms with Crippen LogP contribution in [0.5, 0.6) is 11.8 Å². The number of rotatable bonds is 3. The minimum Gasteiger partial charge on any atom is -0.423 e. The van der Waals surface area contributed by atoms with Crippen molar-refractivity contribution in [3.05, 3.63) is 34.8 Å². The number of hydrogen-bond donors (Lipinski definition) is 0. The van der Waals surface area contributed by atoms with Gasteiger partial charge in [-0.2, -0.15) is 15.0 Å². The molecule has 1 heterocycles. The third-order valence-electron chi connectivity index (χ3n) is 1.83. The fraction of sp³-hybridized carbons (Fsp3) is 0.100. The third-order valence-corrected chi connectivity index (χ3v) is 2.95. The van der Waals surface area contributed by atoms with Gasteiger partial charge in [-0.15, -0.1) is 11.8 Å². The van der Waals surface area contributed by atoms with Gasteiger partial charge in [-0.3, -0.25) is 0 Å². The molecule has 0 saturated carbocycles. The SMILES string of the molecule is CSc1ccccc1Oc1nc(Cl)nc(Cl)n1. The smallest absolute Gasteiger partial charge is 0.327 e. The molecule has 7 heteroatoms. The number of para-hydroxylation sites is 1. The number of thioether (sulfide) groups is 1. The summed E-state index contributed by atoms with van der Waals surface area (Å²) in [6.07, 6.45) is 1.95. The Hall–Kier alpha value is -1.04. The van der Waals surface area contributed by atoms with Gasteiger partial charge in [0.05, 0.1) is 0 Å². The summed E-state index contributed by atoms with van der Waals surface area (Å²) in [6.45, 7) is 0. The van der Waals surface area contributed by atoms with Crippen molar-refractivity contribution in [3.8, 4) is 11.8 Å². The van der Waals surface area contributed by atoms with Crippen molar-refractivity contribution in [3.63, 3.8) is 0 Å². The molecule has 2 rings (SSSR count). The highest BCUT2D eigenvalue weighted by molar-refractivity contribution is 7.98. The average Bonchev–Trinajstić information content (AvgIpc) is 2.28. The van der Waals surface area contributed by atoms with Crippen LogP contribution < -0.4 is 4.74 Å². The van der Waals surface area contributed by atoms with Crippen molar-refractivity contribution in [1.29, 1.82) is 0 Å². The lowest BCUT2D eigenvalue weighted by molar-refractivity contribution is 0.430. The normalized spacial score (nSPS) is 10.3. The molecular weight excluding hydrogens is 281 g/mol. The first-order valence-corrected chi connectivity index (χ1v) is 6.55.